The number of likely N-dealkylation sites (tertiary alicyclic amines) is 1. The number of unbranched alkanes of at least 4 members (excludes halogenated alkanes) is 1. The minimum Gasteiger partial charge on any atom is -0.494 e. The van der Waals surface area contributed by atoms with Crippen LogP contribution in [0.4, 0.5) is 5.69 Å². The zero-order valence-electron chi connectivity index (χ0n) is 25.4. The highest BCUT2D eigenvalue weighted by Crippen LogP contribution is 2.58. The maximum Gasteiger partial charge on any atom is 0.249 e. The van der Waals surface area contributed by atoms with Crippen LogP contribution in [0.15, 0.2) is 78.9 Å². The van der Waals surface area contributed by atoms with E-state index in [1.807, 2.05) is 92.7 Å². The highest BCUT2D eigenvalue weighted by Gasteiger charge is 2.75. The van der Waals surface area contributed by atoms with Gasteiger partial charge in [-0.3, -0.25) is 14.4 Å². The van der Waals surface area contributed by atoms with Crippen molar-refractivity contribution in [3.63, 3.8) is 0 Å². The Balaban J connectivity index is 1.41. The Hall–Kier alpha value is -3.95. The van der Waals surface area contributed by atoms with E-state index in [1.165, 1.54) is 0 Å². The van der Waals surface area contributed by atoms with Crippen LogP contribution in [0, 0.1) is 11.8 Å². The number of carbonyl (C=O) groups is 3. The third-order valence-corrected chi connectivity index (χ3v) is 9.51. The van der Waals surface area contributed by atoms with E-state index in [1.54, 1.807) is 14.7 Å². The van der Waals surface area contributed by atoms with Crippen molar-refractivity contribution in [2.24, 2.45) is 11.8 Å². The Bertz CT molecular complexity index is 1440. The van der Waals surface area contributed by atoms with Crippen LogP contribution in [0.5, 0.6) is 5.75 Å². The summed E-state index contributed by atoms with van der Waals surface area (Å²) < 4.78 is 12.7. The van der Waals surface area contributed by atoms with Gasteiger partial charge in [0.2, 0.25) is 17.7 Å². The molecular formula is C35H41N3O6. The molecule has 9 heteroatoms. The molecule has 0 aromatic heterocycles. The minimum atomic E-state index is -1.30. The van der Waals surface area contributed by atoms with Gasteiger partial charge in [-0.25, -0.2) is 0 Å². The number of carbonyl (C=O) groups excluding carboxylic acids is 3. The molecule has 44 heavy (non-hydrogen) atoms. The summed E-state index contributed by atoms with van der Waals surface area (Å²) in [4.78, 5) is 48.8. The molecular weight excluding hydrogens is 558 g/mol. The van der Waals surface area contributed by atoms with Crippen LogP contribution in [-0.4, -0.2) is 82.7 Å². The predicted octanol–water partition coefficient (Wildman–Crippen LogP) is 3.72. The Labute approximate surface area is 258 Å². The molecule has 1 unspecified atom stereocenters. The molecule has 5 atom stereocenters. The van der Waals surface area contributed by atoms with E-state index in [-0.39, 0.29) is 24.3 Å². The van der Waals surface area contributed by atoms with E-state index in [0.29, 0.717) is 57.7 Å². The predicted molar refractivity (Wildman–Crippen MR) is 166 cm³/mol. The lowest BCUT2D eigenvalue weighted by atomic mass is 9.73. The van der Waals surface area contributed by atoms with E-state index in [4.69, 9.17) is 9.47 Å². The first-order chi connectivity index (χ1) is 21.4. The molecule has 4 heterocycles. The van der Waals surface area contributed by atoms with Gasteiger partial charge in [-0.2, -0.15) is 0 Å². The minimum absolute atomic E-state index is 0.00630. The van der Waals surface area contributed by atoms with Crippen molar-refractivity contribution in [3.8, 4) is 5.75 Å². The van der Waals surface area contributed by atoms with E-state index in [0.717, 1.165) is 11.3 Å². The van der Waals surface area contributed by atoms with Gasteiger partial charge in [-0.05, 0) is 56.0 Å². The first kappa shape index (κ1) is 30.1. The number of aliphatic hydroxyl groups excluding tert-OH is 1. The summed E-state index contributed by atoms with van der Waals surface area (Å²) in [6.45, 7) is 5.82. The van der Waals surface area contributed by atoms with E-state index in [2.05, 4.69) is 0 Å². The number of nitrogens with zero attached hydrogens (tertiary/aromatic N) is 3. The summed E-state index contributed by atoms with van der Waals surface area (Å²) in [6.07, 6.45) is 9.21. The van der Waals surface area contributed by atoms with Crippen molar-refractivity contribution in [2.75, 3.05) is 37.7 Å². The van der Waals surface area contributed by atoms with Crippen molar-refractivity contribution >= 4 is 23.4 Å². The molecule has 4 aliphatic heterocycles. The normalized spacial score (nSPS) is 29.4. The van der Waals surface area contributed by atoms with Crippen molar-refractivity contribution in [1.29, 1.82) is 0 Å². The monoisotopic (exact) mass is 599 g/mol. The molecule has 3 amide bonds. The lowest BCUT2D eigenvalue weighted by Gasteiger charge is -2.38. The van der Waals surface area contributed by atoms with Crippen LogP contribution in [0.25, 0.3) is 0 Å². The zero-order chi connectivity index (χ0) is 30.9. The number of fused-ring (bicyclic) bond motifs is 2. The number of ether oxygens (including phenoxy) is 2. The highest BCUT2D eigenvalue weighted by atomic mass is 16.5. The second kappa shape index (κ2) is 12.2. The number of anilines is 1. The number of rotatable bonds is 10. The summed E-state index contributed by atoms with van der Waals surface area (Å²) in [5.41, 5.74) is -0.656. The summed E-state index contributed by atoms with van der Waals surface area (Å²) in [5.74, 6) is -1.62. The van der Waals surface area contributed by atoms with Gasteiger partial charge in [0.05, 0.1) is 24.0 Å². The van der Waals surface area contributed by atoms with Crippen molar-refractivity contribution < 1.29 is 29.0 Å². The molecule has 0 bridgehead atoms. The maximum absolute atomic E-state index is 14.7. The van der Waals surface area contributed by atoms with Crippen LogP contribution in [0.1, 0.15) is 38.7 Å². The molecule has 6 rings (SSSR count). The Morgan fingerprint density at radius 2 is 1.64 bits per heavy atom. The van der Waals surface area contributed by atoms with Crippen molar-refractivity contribution in [3.05, 3.63) is 84.5 Å². The van der Waals surface area contributed by atoms with Crippen molar-refractivity contribution in [2.45, 2.75) is 56.9 Å². The van der Waals surface area contributed by atoms with E-state index < -0.39 is 29.1 Å². The fourth-order valence-electron chi connectivity index (χ4n) is 7.51. The second-order valence-corrected chi connectivity index (χ2v) is 12.0. The van der Waals surface area contributed by atoms with Gasteiger partial charge in [0, 0.05) is 38.5 Å². The smallest absolute Gasteiger partial charge is 0.249 e. The largest absolute Gasteiger partial charge is 0.494 e. The van der Waals surface area contributed by atoms with E-state index in [9.17, 15) is 19.5 Å². The van der Waals surface area contributed by atoms with Crippen molar-refractivity contribution in [1.82, 2.24) is 9.80 Å². The van der Waals surface area contributed by atoms with Crippen LogP contribution >= 0.6 is 0 Å². The highest BCUT2D eigenvalue weighted by molar-refractivity contribution is 6.04. The van der Waals surface area contributed by atoms with Crippen LogP contribution in [-0.2, 0) is 25.7 Å². The van der Waals surface area contributed by atoms with Crippen LogP contribution < -0.4 is 9.64 Å². The first-order valence-electron chi connectivity index (χ1n) is 15.7. The fraction of sp³-hybridized carbons (Fsp3) is 0.457. The molecule has 1 N–H and O–H groups in total. The molecule has 0 aliphatic carbocycles. The maximum atomic E-state index is 14.7. The summed E-state index contributed by atoms with van der Waals surface area (Å²) in [7, 11) is 0. The van der Waals surface area contributed by atoms with Crippen LogP contribution in [0.3, 0.4) is 0 Å². The topological polar surface area (TPSA) is 99.6 Å². The first-order valence-corrected chi connectivity index (χ1v) is 15.7. The molecule has 9 nitrogen and oxygen atoms in total. The third kappa shape index (κ3) is 4.92. The van der Waals surface area contributed by atoms with Gasteiger partial charge in [-0.15, -0.1) is 0 Å². The number of amides is 3. The van der Waals surface area contributed by atoms with Gasteiger partial charge in [0.1, 0.15) is 17.4 Å². The lowest BCUT2D eigenvalue weighted by molar-refractivity contribution is -0.152. The van der Waals surface area contributed by atoms with Gasteiger partial charge in [0.25, 0.3) is 0 Å². The summed E-state index contributed by atoms with van der Waals surface area (Å²) in [5, 5.41) is 9.49. The molecule has 4 aliphatic rings. The average molecular weight is 600 g/mol. The summed E-state index contributed by atoms with van der Waals surface area (Å²) >= 11 is 0. The SMILES string of the molecule is CCOc1ccc(N2CC=C[C@]3(CC)O[C@]45C=CCN(Cc6ccccc6)C(=O)C4N(CCCCO)C(=O)[C@@H]5[C@@H]3C2=O)cc1. The second-order valence-electron chi connectivity index (χ2n) is 12.0. The Kier molecular flexibility index (Phi) is 8.35. The average Bonchev–Trinajstić information content (AvgIpc) is 3.32. The van der Waals surface area contributed by atoms with E-state index >= 15 is 0 Å². The zero-order valence-corrected chi connectivity index (χ0v) is 25.4. The van der Waals surface area contributed by atoms with Crippen LogP contribution in [0.2, 0.25) is 0 Å². The third-order valence-electron chi connectivity index (χ3n) is 9.51. The Morgan fingerprint density at radius 1 is 0.886 bits per heavy atom. The molecule has 2 aromatic rings. The number of hydrogen-bond acceptors (Lipinski definition) is 6. The molecule has 0 radical (unpaired) electrons. The molecule has 2 aromatic carbocycles. The lowest BCUT2D eigenvalue weighted by Crippen LogP contribution is -2.56. The molecule has 2 saturated heterocycles. The molecule has 0 saturated carbocycles. The summed E-state index contributed by atoms with van der Waals surface area (Å²) in [6, 6.07) is 16.3. The van der Waals surface area contributed by atoms with Gasteiger partial charge in [-0.1, -0.05) is 61.6 Å². The number of aliphatic hydroxyl groups is 1. The van der Waals surface area contributed by atoms with Gasteiger partial charge < -0.3 is 29.3 Å². The number of benzene rings is 2. The molecule has 232 valence electrons. The van der Waals surface area contributed by atoms with Gasteiger partial charge in [0.15, 0.2) is 0 Å². The quantitative estimate of drug-likeness (QED) is 0.330. The molecule has 1 spiro atoms. The fourth-order valence-corrected chi connectivity index (χ4v) is 7.51. The van der Waals surface area contributed by atoms with Gasteiger partial charge >= 0.3 is 0 Å². The Morgan fingerprint density at radius 3 is 2.34 bits per heavy atom. The standard InChI is InChI=1S/C35H41N3O6/c1-3-34-18-10-22-37(26-14-16-27(17-15-26)43-4-2)31(40)28(34)29-32(41)38(21-8-9-23-39)30-33(42)36(20-11-19-35(29,30)44-34)24-25-12-6-5-7-13-25/h5-7,10-19,28-30,39H,3-4,8-9,20-24H2,1-2H3/t28-,29+,30?,34+,35+/m1/s1. The number of hydrogen-bond donors (Lipinski definition) is 1. The molecule has 2 fully saturated rings.